The third-order valence-electron chi connectivity index (χ3n) is 2.28. The van der Waals surface area contributed by atoms with Crippen LogP contribution >= 0.6 is 0 Å². The molecular formula is C8H10F2N2O. The molecule has 3 nitrogen and oxygen atoms in total. The molecule has 1 aliphatic carbocycles. The van der Waals surface area contributed by atoms with Gasteiger partial charge in [0.1, 0.15) is 0 Å². The molecule has 1 aromatic rings. The zero-order chi connectivity index (χ0) is 9.47. The predicted octanol–water partition coefficient (Wildman–Crippen LogP) is 1.63. The van der Waals surface area contributed by atoms with Crippen molar-refractivity contribution >= 4 is 0 Å². The number of hydrogen-bond donors (Lipinski definition) is 1. The number of aromatic hydroxyl groups is 1. The first-order valence-corrected chi connectivity index (χ1v) is 4.17. The first-order chi connectivity index (χ1) is 6.08. The number of aromatic nitrogens is 2. The lowest BCUT2D eigenvalue weighted by Crippen LogP contribution is -2.02. The fourth-order valence-electron chi connectivity index (χ4n) is 1.35. The Hall–Kier alpha value is -1.13. The van der Waals surface area contributed by atoms with E-state index in [2.05, 4.69) is 5.10 Å². The molecule has 13 heavy (non-hydrogen) atoms. The second-order valence-electron chi connectivity index (χ2n) is 3.41. The van der Waals surface area contributed by atoms with Crippen molar-refractivity contribution in [1.29, 1.82) is 0 Å². The van der Waals surface area contributed by atoms with Gasteiger partial charge in [-0.25, -0.2) is 8.78 Å². The minimum atomic E-state index is -2.45. The molecule has 72 valence electrons. The van der Waals surface area contributed by atoms with E-state index < -0.39 is 11.8 Å². The Morgan fingerprint density at radius 2 is 2.38 bits per heavy atom. The van der Waals surface area contributed by atoms with Gasteiger partial charge in [0, 0.05) is 18.9 Å². The van der Waals surface area contributed by atoms with Gasteiger partial charge in [-0.05, 0) is 6.42 Å². The van der Waals surface area contributed by atoms with E-state index in [1.165, 1.54) is 17.1 Å². The maximum absolute atomic E-state index is 12.4. The van der Waals surface area contributed by atoms with E-state index >= 15 is 0 Å². The van der Waals surface area contributed by atoms with Gasteiger partial charge < -0.3 is 5.11 Å². The normalized spacial score (nSPS) is 24.6. The van der Waals surface area contributed by atoms with Crippen molar-refractivity contribution in [3.8, 4) is 5.75 Å². The molecule has 0 saturated heterocycles. The molecule has 1 atom stereocenters. The summed E-state index contributed by atoms with van der Waals surface area (Å²) in [5.74, 6) is -2.86. The smallest absolute Gasteiger partial charge is 0.251 e. The summed E-state index contributed by atoms with van der Waals surface area (Å²) in [6.07, 6.45) is 3.15. The lowest BCUT2D eigenvalue weighted by molar-refractivity contribution is 0.0958. The summed E-state index contributed by atoms with van der Waals surface area (Å²) in [7, 11) is 0. The van der Waals surface area contributed by atoms with Crippen LogP contribution < -0.4 is 0 Å². The predicted molar refractivity (Wildman–Crippen MR) is 41.6 cm³/mol. The molecule has 0 aromatic carbocycles. The average molecular weight is 188 g/mol. The largest absolute Gasteiger partial charge is 0.505 e. The monoisotopic (exact) mass is 188 g/mol. The molecule has 0 spiro atoms. The van der Waals surface area contributed by atoms with Crippen LogP contribution in [-0.2, 0) is 6.54 Å². The summed E-state index contributed by atoms with van der Waals surface area (Å²) >= 11 is 0. The number of hydrogen-bond acceptors (Lipinski definition) is 2. The highest BCUT2D eigenvalue weighted by Gasteiger charge is 2.55. The van der Waals surface area contributed by atoms with Crippen molar-refractivity contribution < 1.29 is 13.9 Å². The Bertz CT molecular complexity index is 311. The van der Waals surface area contributed by atoms with E-state index in [4.69, 9.17) is 5.11 Å². The lowest BCUT2D eigenvalue weighted by atomic mass is 10.3. The Morgan fingerprint density at radius 1 is 1.69 bits per heavy atom. The summed E-state index contributed by atoms with van der Waals surface area (Å²) in [4.78, 5) is 0. The van der Waals surface area contributed by atoms with Gasteiger partial charge in [-0.1, -0.05) is 0 Å². The topological polar surface area (TPSA) is 38.1 Å². The highest BCUT2D eigenvalue weighted by molar-refractivity contribution is 5.08. The van der Waals surface area contributed by atoms with Gasteiger partial charge in [0.25, 0.3) is 5.92 Å². The molecule has 1 fully saturated rings. The van der Waals surface area contributed by atoms with Gasteiger partial charge in [0.05, 0.1) is 12.4 Å². The molecule has 1 unspecified atom stereocenters. The van der Waals surface area contributed by atoms with Gasteiger partial charge in [0.2, 0.25) is 0 Å². The van der Waals surface area contributed by atoms with Crippen molar-refractivity contribution in [3.63, 3.8) is 0 Å². The number of aryl methyl sites for hydroxylation is 1. The molecule has 0 aliphatic heterocycles. The van der Waals surface area contributed by atoms with Crippen LogP contribution in [0.3, 0.4) is 0 Å². The summed E-state index contributed by atoms with van der Waals surface area (Å²) in [5.41, 5.74) is 0. The molecular weight excluding hydrogens is 178 g/mol. The zero-order valence-corrected chi connectivity index (χ0v) is 6.95. The number of alkyl halides is 2. The average Bonchev–Trinajstić information content (AvgIpc) is 2.45. The van der Waals surface area contributed by atoms with E-state index in [1.807, 2.05) is 0 Å². The number of nitrogens with zero attached hydrogens (tertiary/aromatic N) is 2. The van der Waals surface area contributed by atoms with Crippen LogP contribution in [0.4, 0.5) is 8.78 Å². The second kappa shape index (κ2) is 2.68. The molecule has 1 saturated carbocycles. The van der Waals surface area contributed by atoms with Gasteiger partial charge in [-0.15, -0.1) is 0 Å². The molecule has 0 amide bonds. The Morgan fingerprint density at radius 3 is 2.85 bits per heavy atom. The molecule has 5 heteroatoms. The Kier molecular flexibility index (Phi) is 1.75. The van der Waals surface area contributed by atoms with Crippen molar-refractivity contribution in [1.82, 2.24) is 9.78 Å². The maximum Gasteiger partial charge on any atom is 0.251 e. The highest BCUT2D eigenvalue weighted by atomic mass is 19.3. The Labute approximate surface area is 74.0 Å². The standard InChI is InChI=1S/C8H10F2N2O/c9-8(10)3-6(8)1-2-12-5-7(13)4-11-12/h4-6,13H,1-3H2. The van der Waals surface area contributed by atoms with Crippen LogP contribution in [0.5, 0.6) is 5.75 Å². The van der Waals surface area contributed by atoms with Crippen LogP contribution in [0.15, 0.2) is 12.4 Å². The number of halogens is 2. The molecule has 0 radical (unpaired) electrons. The van der Waals surface area contributed by atoms with Crippen LogP contribution in [-0.4, -0.2) is 20.8 Å². The second-order valence-corrected chi connectivity index (χ2v) is 3.41. The molecule has 1 aromatic heterocycles. The summed E-state index contributed by atoms with van der Waals surface area (Å²) < 4.78 is 26.3. The van der Waals surface area contributed by atoms with E-state index in [0.717, 1.165) is 0 Å². The first kappa shape index (κ1) is 8.47. The quantitative estimate of drug-likeness (QED) is 0.782. The fraction of sp³-hybridized carbons (Fsp3) is 0.625. The minimum Gasteiger partial charge on any atom is -0.505 e. The fourth-order valence-corrected chi connectivity index (χ4v) is 1.35. The first-order valence-electron chi connectivity index (χ1n) is 4.17. The van der Waals surface area contributed by atoms with E-state index in [1.54, 1.807) is 0 Å². The SMILES string of the molecule is Oc1cnn(CCC2CC2(F)F)c1. The molecule has 1 N–H and O–H groups in total. The highest BCUT2D eigenvalue weighted by Crippen LogP contribution is 2.50. The molecule has 1 heterocycles. The number of rotatable bonds is 3. The molecule has 1 aliphatic rings. The van der Waals surface area contributed by atoms with Crippen LogP contribution in [0.25, 0.3) is 0 Å². The van der Waals surface area contributed by atoms with Gasteiger partial charge >= 0.3 is 0 Å². The maximum atomic E-state index is 12.4. The molecule has 0 bridgehead atoms. The van der Waals surface area contributed by atoms with E-state index in [-0.39, 0.29) is 12.2 Å². The summed E-state index contributed by atoms with van der Waals surface area (Å²) in [5, 5.41) is 12.7. The van der Waals surface area contributed by atoms with Crippen LogP contribution in [0, 0.1) is 5.92 Å². The summed E-state index contributed by atoms with van der Waals surface area (Å²) in [6, 6.07) is 0. The van der Waals surface area contributed by atoms with Crippen LogP contribution in [0.2, 0.25) is 0 Å². The van der Waals surface area contributed by atoms with Gasteiger partial charge in [0.15, 0.2) is 5.75 Å². The third-order valence-corrected chi connectivity index (χ3v) is 2.28. The third kappa shape index (κ3) is 1.79. The van der Waals surface area contributed by atoms with Gasteiger partial charge in [-0.2, -0.15) is 5.10 Å². The van der Waals surface area contributed by atoms with Crippen molar-refractivity contribution in [2.75, 3.05) is 0 Å². The summed E-state index contributed by atoms with van der Waals surface area (Å²) in [6.45, 7) is 0.445. The minimum absolute atomic E-state index is 0.000249. The Balaban J connectivity index is 1.81. The van der Waals surface area contributed by atoms with Crippen molar-refractivity contribution in [2.24, 2.45) is 5.92 Å². The lowest BCUT2D eigenvalue weighted by Gasteiger charge is -1.99. The van der Waals surface area contributed by atoms with E-state index in [0.29, 0.717) is 13.0 Å². The van der Waals surface area contributed by atoms with Gasteiger partial charge in [-0.3, -0.25) is 4.68 Å². The van der Waals surface area contributed by atoms with E-state index in [9.17, 15) is 8.78 Å². The van der Waals surface area contributed by atoms with Crippen molar-refractivity contribution in [3.05, 3.63) is 12.4 Å². The zero-order valence-electron chi connectivity index (χ0n) is 6.95. The van der Waals surface area contributed by atoms with Crippen molar-refractivity contribution in [2.45, 2.75) is 25.3 Å². The van der Waals surface area contributed by atoms with Crippen LogP contribution in [0.1, 0.15) is 12.8 Å². The molecule has 2 rings (SSSR count).